The van der Waals surface area contributed by atoms with Crippen molar-refractivity contribution in [3.05, 3.63) is 93.2 Å². The highest BCUT2D eigenvalue weighted by Crippen LogP contribution is 2.37. The van der Waals surface area contributed by atoms with E-state index in [1.165, 1.54) is 11.3 Å². The van der Waals surface area contributed by atoms with E-state index in [4.69, 9.17) is 18.6 Å². The number of fused-ring (bicyclic) bond motifs is 2. The van der Waals surface area contributed by atoms with Gasteiger partial charge in [0.2, 0.25) is 4.96 Å². The Morgan fingerprint density at radius 3 is 2.67 bits per heavy atom. The highest BCUT2D eigenvalue weighted by atomic mass is 127. The number of furan rings is 1. The summed E-state index contributed by atoms with van der Waals surface area (Å²) in [5.74, 6) is 1.93. The molecule has 0 saturated heterocycles. The van der Waals surface area contributed by atoms with E-state index in [1.54, 1.807) is 24.9 Å². The molecule has 10 heteroatoms. The number of carbonyl (C=O) groups excluding carboxylic acids is 1. The number of ketones is 1. The van der Waals surface area contributed by atoms with Crippen molar-refractivity contribution in [1.29, 1.82) is 0 Å². The molecule has 0 unspecified atom stereocenters. The molecule has 8 nitrogen and oxygen atoms in total. The van der Waals surface area contributed by atoms with Crippen molar-refractivity contribution in [3.8, 4) is 28.1 Å². The maximum atomic E-state index is 12.9. The van der Waals surface area contributed by atoms with Crippen LogP contribution in [0.5, 0.6) is 16.7 Å². The average molecular weight is 651 g/mol. The molecule has 0 radical (unpaired) electrons. The molecule has 0 aliphatic carbocycles. The first-order chi connectivity index (χ1) is 19.0. The standard InChI is InChI=1S/C29H22IN3O5S/c1-35-19-12-25(21-14-27(38-26(21)13-19)23-15-33-28(31-23)39-29(32-33)36-2)37-16-18-7-5-6-17(10-18)11-24(34)20-8-3-4-9-22(20)30/h3-10,12-15H,11,16H2,1-2H3. The highest BCUT2D eigenvalue weighted by molar-refractivity contribution is 14.1. The van der Waals surface area contributed by atoms with E-state index in [-0.39, 0.29) is 5.78 Å². The van der Waals surface area contributed by atoms with Crippen LogP contribution in [0.4, 0.5) is 0 Å². The molecule has 6 rings (SSSR count). The van der Waals surface area contributed by atoms with Gasteiger partial charge in [0.05, 0.1) is 25.8 Å². The second-order valence-corrected chi connectivity index (χ2v) is 10.8. The number of methoxy groups -OCH3 is 2. The van der Waals surface area contributed by atoms with Crippen LogP contribution in [0.3, 0.4) is 0 Å². The van der Waals surface area contributed by atoms with E-state index in [1.807, 2.05) is 66.7 Å². The Balaban J connectivity index is 1.24. The topological polar surface area (TPSA) is 88.1 Å². The number of benzene rings is 3. The fourth-order valence-corrected chi connectivity index (χ4v) is 5.68. The minimum absolute atomic E-state index is 0.0892. The van der Waals surface area contributed by atoms with E-state index in [9.17, 15) is 4.79 Å². The summed E-state index contributed by atoms with van der Waals surface area (Å²) in [7, 11) is 3.18. The number of imidazole rings is 1. The summed E-state index contributed by atoms with van der Waals surface area (Å²) in [6.45, 7) is 0.317. The van der Waals surface area contributed by atoms with Crippen molar-refractivity contribution in [1.82, 2.24) is 14.6 Å². The third-order valence-electron chi connectivity index (χ3n) is 6.19. The van der Waals surface area contributed by atoms with Gasteiger partial charge in [0.15, 0.2) is 11.5 Å². The first-order valence-corrected chi connectivity index (χ1v) is 13.9. The van der Waals surface area contributed by atoms with Gasteiger partial charge in [-0.05, 0) is 57.2 Å². The Morgan fingerprint density at radius 1 is 1.03 bits per heavy atom. The Labute approximate surface area is 241 Å². The van der Waals surface area contributed by atoms with E-state index in [2.05, 4.69) is 32.7 Å². The molecule has 0 aliphatic heterocycles. The third kappa shape index (κ3) is 5.21. The summed E-state index contributed by atoms with van der Waals surface area (Å²) in [5, 5.41) is 5.67. The van der Waals surface area contributed by atoms with Gasteiger partial charge in [-0.3, -0.25) is 4.79 Å². The van der Waals surface area contributed by atoms with E-state index in [0.29, 0.717) is 51.7 Å². The van der Waals surface area contributed by atoms with Crippen molar-refractivity contribution >= 4 is 55.6 Å². The molecule has 0 atom stereocenters. The normalized spacial score (nSPS) is 11.3. The van der Waals surface area contributed by atoms with Crippen LogP contribution in [-0.4, -0.2) is 34.6 Å². The number of hydrogen-bond donors (Lipinski definition) is 0. The second kappa shape index (κ2) is 10.7. The molecule has 0 bridgehead atoms. The first kappa shape index (κ1) is 25.4. The largest absolute Gasteiger partial charge is 0.496 e. The molecule has 196 valence electrons. The molecule has 0 aliphatic rings. The zero-order valence-electron chi connectivity index (χ0n) is 21.0. The quantitative estimate of drug-likeness (QED) is 0.125. The molecule has 3 aromatic heterocycles. The van der Waals surface area contributed by atoms with Crippen molar-refractivity contribution in [2.24, 2.45) is 0 Å². The number of halogens is 1. The average Bonchev–Trinajstić information content (AvgIpc) is 3.65. The van der Waals surface area contributed by atoms with Crippen molar-refractivity contribution in [3.63, 3.8) is 0 Å². The number of aromatic nitrogens is 3. The molecule has 3 heterocycles. The molecule has 0 amide bonds. The van der Waals surface area contributed by atoms with Gasteiger partial charge in [0.25, 0.3) is 5.19 Å². The molecular weight excluding hydrogens is 629 g/mol. The van der Waals surface area contributed by atoms with Crippen molar-refractivity contribution in [2.45, 2.75) is 13.0 Å². The van der Waals surface area contributed by atoms with Crippen LogP contribution in [0.25, 0.3) is 27.4 Å². The SMILES string of the molecule is COc1cc(OCc2cccc(CC(=O)c3ccccc3I)c2)c2cc(-c3cn4nc(OC)sc4n3)oc2c1. The van der Waals surface area contributed by atoms with Gasteiger partial charge in [-0.2, -0.15) is 0 Å². The number of hydrogen-bond acceptors (Lipinski definition) is 8. The second-order valence-electron chi connectivity index (χ2n) is 8.76. The van der Waals surface area contributed by atoms with Crippen LogP contribution in [-0.2, 0) is 13.0 Å². The Kier molecular flexibility index (Phi) is 6.96. The number of Topliss-reactive ketones (excluding diaryl/α,β-unsaturated/α-hetero) is 1. The summed E-state index contributed by atoms with van der Waals surface area (Å²) in [6, 6.07) is 21.1. The van der Waals surface area contributed by atoms with Gasteiger partial charge < -0.3 is 18.6 Å². The van der Waals surface area contributed by atoms with Crippen LogP contribution in [0.15, 0.2) is 77.3 Å². The molecule has 0 saturated carbocycles. The molecular formula is C29H22IN3O5S. The van der Waals surface area contributed by atoms with E-state index < -0.39 is 0 Å². The maximum absolute atomic E-state index is 12.9. The number of carbonyl (C=O) groups is 1. The third-order valence-corrected chi connectivity index (χ3v) is 8.01. The van der Waals surface area contributed by atoms with Gasteiger partial charge in [-0.1, -0.05) is 42.5 Å². The maximum Gasteiger partial charge on any atom is 0.294 e. The van der Waals surface area contributed by atoms with E-state index in [0.717, 1.165) is 25.6 Å². The lowest BCUT2D eigenvalue weighted by Gasteiger charge is -2.10. The lowest BCUT2D eigenvalue weighted by molar-refractivity contribution is 0.0992. The molecule has 39 heavy (non-hydrogen) atoms. The minimum atomic E-state index is 0.0892. The van der Waals surface area contributed by atoms with Gasteiger partial charge in [-0.15, -0.1) is 5.10 Å². The zero-order valence-corrected chi connectivity index (χ0v) is 24.0. The summed E-state index contributed by atoms with van der Waals surface area (Å²) >= 11 is 3.55. The van der Waals surface area contributed by atoms with Crippen LogP contribution < -0.4 is 14.2 Å². The zero-order chi connectivity index (χ0) is 26.9. The highest BCUT2D eigenvalue weighted by Gasteiger charge is 2.17. The smallest absolute Gasteiger partial charge is 0.294 e. The van der Waals surface area contributed by atoms with Crippen LogP contribution >= 0.6 is 33.9 Å². The Bertz CT molecular complexity index is 1790. The summed E-state index contributed by atoms with van der Waals surface area (Å²) in [5.41, 5.74) is 3.91. The molecule has 0 fully saturated rings. The lowest BCUT2D eigenvalue weighted by atomic mass is 10.0. The lowest BCUT2D eigenvalue weighted by Crippen LogP contribution is -2.06. The number of nitrogens with zero attached hydrogens (tertiary/aromatic N) is 3. The van der Waals surface area contributed by atoms with Crippen LogP contribution in [0.1, 0.15) is 21.5 Å². The van der Waals surface area contributed by atoms with Gasteiger partial charge >= 0.3 is 0 Å². The van der Waals surface area contributed by atoms with E-state index >= 15 is 0 Å². The van der Waals surface area contributed by atoms with Gasteiger partial charge in [0.1, 0.15) is 29.4 Å². The number of ether oxygens (including phenoxy) is 3. The van der Waals surface area contributed by atoms with Crippen LogP contribution in [0, 0.1) is 3.57 Å². The molecule has 6 aromatic rings. The van der Waals surface area contributed by atoms with Crippen molar-refractivity contribution < 1.29 is 23.4 Å². The Hall–Kier alpha value is -3.90. The predicted molar refractivity (Wildman–Crippen MR) is 157 cm³/mol. The Morgan fingerprint density at radius 2 is 1.87 bits per heavy atom. The summed E-state index contributed by atoms with van der Waals surface area (Å²) in [6.07, 6.45) is 2.12. The van der Waals surface area contributed by atoms with Crippen LogP contribution in [0.2, 0.25) is 0 Å². The fourth-order valence-electron chi connectivity index (χ4n) is 4.29. The monoisotopic (exact) mass is 651 g/mol. The van der Waals surface area contributed by atoms with Crippen molar-refractivity contribution in [2.75, 3.05) is 14.2 Å². The fraction of sp³-hybridized carbons (Fsp3) is 0.138. The minimum Gasteiger partial charge on any atom is -0.496 e. The van der Waals surface area contributed by atoms with Gasteiger partial charge in [0, 0.05) is 27.7 Å². The molecule has 0 spiro atoms. The van der Waals surface area contributed by atoms with Gasteiger partial charge in [-0.25, -0.2) is 9.50 Å². The number of rotatable bonds is 9. The summed E-state index contributed by atoms with van der Waals surface area (Å²) in [4.78, 5) is 18.2. The first-order valence-electron chi connectivity index (χ1n) is 12.0. The molecule has 3 aromatic carbocycles. The molecule has 0 N–H and O–H groups in total. The summed E-state index contributed by atoms with van der Waals surface area (Å²) < 4.78 is 25.7. The predicted octanol–water partition coefficient (Wildman–Crippen LogP) is 6.83.